The van der Waals surface area contributed by atoms with Gasteiger partial charge in [0.1, 0.15) is 17.7 Å². The summed E-state index contributed by atoms with van der Waals surface area (Å²) in [6.07, 6.45) is 4.89. The number of carbonyl (C=O) groups is 1. The lowest BCUT2D eigenvalue weighted by molar-refractivity contribution is -0.142. The van der Waals surface area contributed by atoms with Crippen molar-refractivity contribution in [3.8, 4) is 22.8 Å². The number of hydrogen-bond donors (Lipinski definition) is 1. The van der Waals surface area contributed by atoms with Crippen LogP contribution in [0.4, 0.5) is 4.39 Å². The van der Waals surface area contributed by atoms with E-state index in [0.29, 0.717) is 37.1 Å². The largest absolute Gasteiger partial charge is 0.485 e. The Morgan fingerprint density at radius 1 is 1.09 bits per heavy atom. The molecule has 0 radical (unpaired) electrons. The average molecular weight is 589 g/mol. The second-order valence-corrected chi connectivity index (χ2v) is 12.5. The summed E-state index contributed by atoms with van der Waals surface area (Å²) in [5, 5.41) is 9.77. The highest BCUT2D eigenvalue weighted by Crippen LogP contribution is 2.48. The van der Waals surface area contributed by atoms with Gasteiger partial charge in [-0.2, -0.15) is 0 Å². The third-order valence-corrected chi connectivity index (χ3v) is 9.51. The second kappa shape index (κ2) is 12.2. The number of fused-ring (bicyclic) bond motifs is 1. The molecule has 2 fully saturated rings. The Kier molecular flexibility index (Phi) is 8.42. The average Bonchev–Trinajstić information content (AvgIpc) is 3.84. The Morgan fingerprint density at radius 2 is 1.86 bits per heavy atom. The number of nitrogens with zero attached hydrogens (tertiary/aromatic N) is 2. The summed E-state index contributed by atoms with van der Waals surface area (Å²) in [4.78, 5) is 18.4. The number of pyridine rings is 1. The van der Waals surface area contributed by atoms with E-state index in [1.807, 2.05) is 19.1 Å². The van der Waals surface area contributed by atoms with E-state index in [-0.39, 0.29) is 24.1 Å². The van der Waals surface area contributed by atoms with Crippen molar-refractivity contribution in [2.24, 2.45) is 11.8 Å². The monoisotopic (exact) mass is 588 g/mol. The molecule has 2 unspecified atom stereocenters. The zero-order valence-electron chi connectivity index (χ0n) is 25.4. The maximum atomic E-state index is 15.2. The molecule has 1 saturated carbocycles. The number of morpholine rings is 1. The fraction of sp³-hybridized carbons (Fsp3) is 0.486. The lowest BCUT2D eigenvalue weighted by Gasteiger charge is -2.39. The van der Waals surface area contributed by atoms with Crippen LogP contribution in [0.1, 0.15) is 74.3 Å². The van der Waals surface area contributed by atoms with Gasteiger partial charge in [0.25, 0.3) is 0 Å². The van der Waals surface area contributed by atoms with Gasteiger partial charge >= 0.3 is 5.97 Å². The van der Waals surface area contributed by atoms with Crippen LogP contribution in [-0.4, -0.2) is 53.4 Å². The molecule has 3 aliphatic rings. The molecule has 1 saturated heterocycles. The number of carboxylic acids is 1. The quantitative estimate of drug-likeness (QED) is 0.295. The van der Waals surface area contributed by atoms with E-state index in [1.54, 1.807) is 6.07 Å². The van der Waals surface area contributed by atoms with E-state index in [9.17, 15) is 9.90 Å². The zero-order chi connectivity index (χ0) is 30.2. The molecule has 0 bridgehead atoms. The van der Waals surface area contributed by atoms with Crippen LogP contribution in [0.3, 0.4) is 0 Å². The molecule has 1 aliphatic carbocycles. The highest BCUT2D eigenvalue weighted by molar-refractivity contribution is 5.71. The first-order valence-corrected chi connectivity index (χ1v) is 15.4. The van der Waals surface area contributed by atoms with E-state index in [0.717, 1.165) is 59.3 Å². The molecule has 6 rings (SSSR count). The standard InChI is InChI=1S/C35H41FN2O5/c1-20-18-42-19-21(2)38(20)17-27-13-25(9-11-28(27)29-15-33(41-4)37-16-30(29)36)31-12-10-23-5-8-26(14-32(23)43-31)34(24-6-7-24)22(3)35(39)40/h5,8-9,11,13-16,20-22,24,31,34H,6-7,10,12,17-19H2,1-4H3,(H,39,40)/t20-,21-,22+,31?,34?/m1/s1. The summed E-state index contributed by atoms with van der Waals surface area (Å²) in [6.45, 7) is 8.09. The predicted octanol–water partition coefficient (Wildman–Crippen LogP) is 6.79. The highest BCUT2D eigenvalue weighted by Gasteiger charge is 2.39. The van der Waals surface area contributed by atoms with Crippen molar-refractivity contribution in [1.29, 1.82) is 0 Å². The minimum atomic E-state index is -0.756. The van der Waals surface area contributed by atoms with Crippen molar-refractivity contribution in [1.82, 2.24) is 9.88 Å². The van der Waals surface area contributed by atoms with Crippen LogP contribution in [-0.2, 0) is 22.5 Å². The topological polar surface area (TPSA) is 81.1 Å². The lowest BCUT2D eigenvalue weighted by Crippen LogP contribution is -2.48. The smallest absolute Gasteiger partial charge is 0.306 e. The molecule has 0 amide bonds. The van der Waals surface area contributed by atoms with Crippen LogP contribution in [0.2, 0.25) is 0 Å². The van der Waals surface area contributed by atoms with Gasteiger partial charge in [0.15, 0.2) is 0 Å². The van der Waals surface area contributed by atoms with Crippen LogP contribution in [0.5, 0.6) is 11.6 Å². The van der Waals surface area contributed by atoms with Crippen molar-refractivity contribution in [2.45, 2.75) is 77.1 Å². The SMILES string of the molecule is COc1cc(-c2ccc(C3CCc4ccc(C(C5CC5)[C@H](C)C(=O)O)cc4O3)cc2CN2[C@H](C)COC[C@H]2C)c(F)cn1. The molecular formula is C35H41FN2O5. The van der Waals surface area contributed by atoms with Crippen molar-refractivity contribution in [3.05, 3.63) is 76.7 Å². The summed E-state index contributed by atoms with van der Waals surface area (Å²) in [5.74, 6) is 0.00456. The van der Waals surface area contributed by atoms with Crippen LogP contribution in [0.25, 0.3) is 11.1 Å². The molecule has 3 heterocycles. The summed E-state index contributed by atoms with van der Waals surface area (Å²) >= 11 is 0. The number of carboxylic acid groups (broad SMARTS) is 1. The molecule has 2 aromatic carbocycles. The first-order valence-electron chi connectivity index (χ1n) is 15.4. The van der Waals surface area contributed by atoms with Gasteiger partial charge in [-0.25, -0.2) is 9.37 Å². The Hall–Kier alpha value is -3.49. The summed E-state index contributed by atoms with van der Waals surface area (Å²) in [6, 6.07) is 14.6. The van der Waals surface area contributed by atoms with Crippen molar-refractivity contribution >= 4 is 5.97 Å². The molecule has 8 heteroatoms. The van der Waals surface area contributed by atoms with Gasteiger partial charge < -0.3 is 19.3 Å². The number of rotatable bonds is 9. The molecule has 0 spiro atoms. The molecule has 2 aliphatic heterocycles. The fourth-order valence-corrected chi connectivity index (χ4v) is 6.89. The Balaban J connectivity index is 1.34. The first-order chi connectivity index (χ1) is 20.7. The normalized spacial score (nSPS) is 23.6. The summed E-state index contributed by atoms with van der Waals surface area (Å²) in [7, 11) is 1.53. The minimum Gasteiger partial charge on any atom is -0.485 e. The van der Waals surface area contributed by atoms with Crippen molar-refractivity contribution in [2.75, 3.05) is 20.3 Å². The predicted molar refractivity (Wildman–Crippen MR) is 162 cm³/mol. The van der Waals surface area contributed by atoms with Crippen LogP contribution in [0, 0.1) is 17.7 Å². The van der Waals surface area contributed by atoms with E-state index in [4.69, 9.17) is 14.2 Å². The highest BCUT2D eigenvalue weighted by atomic mass is 19.1. The molecule has 228 valence electrons. The number of ether oxygens (including phenoxy) is 3. The third kappa shape index (κ3) is 6.13. The Bertz CT molecular complexity index is 1480. The van der Waals surface area contributed by atoms with E-state index in [1.165, 1.54) is 13.3 Å². The second-order valence-electron chi connectivity index (χ2n) is 12.5. The van der Waals surface area contributed by atoms with Gasteiger partial charge in [0.05, 0.1) is 32.4 Å². The van der Waals surface area contributed by atoms with Gasteiger partial charge in [-0.3, -0.25) is 9.69 Å². The number of benzene rings is 2. The Morgan fingerprint density at radius 3 is 2.56 bits per heavy atom. The number of halogens is 1. The van der Waals surface area contributed by atoms with Gasteiger partial charge in [-0.1, -0.05) is 37.3 Å². The number of hydrogen-bond acceptors (Lipinski definition) is 6. The molecule has 1 aromatic heterocycles. The van der Waals surface area contributed by atoms with E-state index in [2.05, 4.69) is 48.0 Å². The maximum absolute atomic E-state index is 15.2. The van der Waals surface area contributed by atoms with Crippen molar-refractivity contribution < 1.29 is 28.5 Å². The molecule has 7 nitrogen and oxygen atoms in total. The molecule has 5 atom stereocenters. The molecule has 43 heavy (non-hydrogen) atoms. The van der Waals surface area contributed by atoms with Crippen molar-refractivity contribution in [3.63, 3.8) is 0 Å². The van der Waals surface area contributed by atoms with Gasteiger partial charge in [-0.15, -0.1) is 0 Å². The summed E-state index contributed by atoms with van der Waals surface area (Å²) < 4.78 is 32.9. The Labute approximate surface area is 253 Å². The molecule has 1 N–H and O–H groups in total. The van der Waals surface area contributed by atoms with Gasteiger partial charge in [0, 0.05) is 30.3 Å². The van der Waals surface area contributed by atoms with Gasteiger partial charge in [0.2, 0.25) is 5.88 Å². The maximum Gasteiger partial charge on any atom is 0.306 e. The number of methoxy groups -OCH3 is 1. The fourth-order valence-electron chi connectivity index (χ4n) is 6.89. The number of aromatic nitrogens is 1. The lowest BCUT2D eigenvalue weighted by atomic mass is 9.82. The van der Waals surface area contributed by atoms with E-state index >= 15 is 4.39 Å². The zero-order valence-corrected chi connectivity index (χ0v) is 25.4. The van der Waals surface area contributed by atoms with E-state index < -0.39 is 17.7 Å². The van der Waals surface area contributed by atoms with Gasteiger partial charge in [-0.05, 0) is 85.3 Å². The number of aliphatic carboxylic acids is 1. The van der Waals surface area contributed by atoms with Crippen LogP contribution >= 0.6 is 0 Å². The summed E-state index contributed by atoms with van der Waals surface area (Å²) in [5.41, 5.74) is 5.52. The minimum absolute atomic E-state index is 0.0117. The first kappa shape index (κ1) is 29.6. The van der Waals surface area contributed by atoms with Crippen LogP contribution in [0.15, 0.2) is 48.7 Å². The number of aryl methyl sites for hydroxylation is 1. The molecular weight excluding hydrogens is 547 g/mol. The molecule has 3 aromatic rings. The van der Waals surface area contributed by atoms with Crippen LogP contribution < -0.4 is 9.47 Å². The third-order valence-electron chi connectivity index (χ3n) is 9.51.